The molecule has 0 atom stereocenters. The second-order valence-corrected chi connectivity index (χ2v) is 6.00. The van der Waals surface area contributed by atoms with Crippen LogP contribution in [-0.4, -0.2) is 33.5 Å². The Kier molecular flexibility index (Phi) is 4.88. The van der Waals surface area contributed by atoms with Gasteiger partial charge in [0.1, 0.15) is 5.69 Å². The molecule has 2 N–H and O–H groups in total. The molecule has 1 amide bonds. The molecule has 1 aromatic rings. The first-order valence-corrected chi connectivity index (χ1v) is 7.34. The van der Waals surface area contributed by atoms with Crippen LogP contribution in [0.3, 0.4) is 0 Å². The first kappa shape index (κ1) is 15.4. The third-order valence-electron chi connectivity index (χ3n) is 4.09. The van der Waals surface area contributed by atoms with Crippen molar-refractivity contribution in [3.8, 4) is 0 Å². The van der Waals surface area contributed by atoms with Crippen molar-refractivity contribution in [3.05, 3.63) is 23.8 Å². The average Bonchev–Trinajstić information content (AvgIpc) is 2.70. The monoisotopic (exact) mass is 291 g/mol. The number of nitrogens with zero attached hydrogens (tertiary/aromatic N) is 2. The van der Waals surface area contributed by atoms with E-state index in [4.69, 9.17) is 5.11 Å². The van der Waals surface area contributed by atoms with Crippen LogP contribution in [0.5, 0.6) is 0 Å². The summed E-state index contributed by atoms with van der Waals surface area (Å²) in [5.41, 5.74) is 0.125. The van der Waals surface area contributed by atoms with Crippen LogP contribution in [0.1, 0.15) is 66.4 Å². The molecule has 0 spiro atoms. The lowest BCUT2D eigenvalue weighted by molar-refractivity contribution is 0.0689. The van der Waals surface area contributed by atoms with Crippen LogP contribution in [0.15, 0.2) is 12.4 Å². The van der Waals surface area contributed by atoms with E-state index in [-0.39, 0.29) is 22.7 Å². The minimum absolute atomic E-state index is 0.139. The molecule has 1 saturated carbocycles. The summed E-state index contributed by atoms with van der Waals surface area (Å²) in [6.45, 7) is 2.83. The quantitative estimate of drug-likeness (QED) is 0.830. The van der Waals surface area contributed by atoms with Gasteiger partial charge >= 0.3 is 5.97 Å². The molecule has 114 valence electrons. The molecular formula is C15H21N3O3. The number of carboxylic acids is 1. The van der Waals surface area contributed by atoms with Crippen molar-refractivity contribution >= 4 is 11.9 Å². The molecule has 0 radical (unpaired) electrons. The Hall–Kier alpha value is -1.98. The lowest BCUT2D eigenvalue weighted by Gasteiger charge is -2.28. The van der Waals surface area contributed by atoms with Gasteiger partial charge in [-0.1, -0.05) is 32.6 Å². The van der Waals surface area contributed by atoms with E-state index in [0.29, 0.717) is 6.54 Å². The molecule has 21 heavy (non-hydrogen) atoms. The van der Waals surface area contributed by atoms with Gasteiger partial charge in [-0.05, 0) is 18.3 Å². The molecular weight excluding hydrogens is 270 g/mol. The van der Waals surface area contributed by atoms with Crippen molar-refractivity contribution < 1.29 is 14.7 Å². The molecule has 1 fully saturated rings. The van der Waals surface area contributed by atoms with Crippen LogP contribution in [0.4, 0.5) is 0 Å². The van der Waals surface area contributed by atoms with Crippen molar-refractivity contribution in [2.45, 2.75) is 45.4 Å². The number of carboxylic acid groups (broad SMARTS) is 1. The minimum Gasteiger partial charge on any atom is -0.476 e. The summed E-state index contributed by atoms with van der Waals surface area (Å²) in [5, 5.41) is 11.6. The summed E-state index contributed by atoms with van der Waals surface area (Å²) < 4.78 is 0. The van der Waals surface area contributed by atoms with Crippen LogP contribution in [0.2, 0.25) is 0 Å². The van der Waals surface area contributed by atoms with Gasteiger partial charge in [0.2, 0.25) is 0 Å². The van der Waals surface area contributed by atoms with Crippen molar-refractivity contribution in [1.82, 2.24) is 15.3 Å². The molecule has 0 aromatic carbocycles. The van der Waals surface area contributed by atoms with E-state index < -0.39 is 5.97 Å². The Morgan fingerprint density at radius 3 is 2.24 bits per heavy atom. The van der Waals surface area contributed by atoms with Crippen molar-refractivity contribution in [2.75, 3.05) is 6.54 Å². The first-order valence-electron chi connectivity index (χ1n) is 7.34. The highest BCUT2D eigenvalue weighted by Gasteiger charge is 2.26. The van der Waals surface area contributed by atoms with Gasteiger partial charge in [-0.25, -0.2) is 14.8 Å². The fraction of sp³-hybridized carbons (Fsp3) is 0.600. The number of amides is 1. The zero-order valence-electron chi connectivity index (χ0n) is 12.3. The summed E-state index contributed by atoms with van der Waals surface area (Å²) in [7, 11) is 0. The topological polar surface area (TPSA) is 92.2 Å². The molecule has 0 aliphatic heterocycles. The summed E-state index contributed by atoms with van der Waals surface area (Å²) in [6, 6.07) is 0. The van der Waals surface area contributed by atoms with E-state index in [9.17, 15) is 9.59 Å². The Labute approximate surface area is 124 Å². The van der Waals surface area contributed by atoms with Gasteiger partial charge in [0.15, 0.2) is 5.69 Å². The predicted octanol–water partition coefficient (Wildman–Crippen LogP) is 2.27. The third kappa shape index (κ3) is 4.24. The minimum atomic E-state index is -1.15. The normalized spacial score (nSPS) is 17.8. The number of hydrogen-bond donors (Lipinski definition) is 2. The number of aromatic nitrogens is 2. The molecule has 6 heteroatoms. The Morgan fingerprint density at radius 1 is 1.14 bits per heavy atom. The zero-order valence-corrected chi connectivity index (χ0v) is 12.3. The summed E-state index contributed by atoms with van der Waals surface area (Å²) in [5.74, 6) is -1.45. The van der Waals surface area contributed by atoms with Gasteiger partial charge in [0.25, 0.3) is 5.91 Å². The number of carbonyl (C=O) groups is 2. The first-order chi connectivity index (χ1) is 10.0. The highest BCUT2D eigenvalue weighted by molar-refractivity contribution is 5.92. The van der Waals surface area contributed by atoms with E-state index in [0.717, 1.165) is 19.0 Å². The highest BCUT2D eigenvalue weighted by atomic mass is 16.4. The summed E-state index contributed by atoms with van der Waals surface area (Å²) in [6.07, 6.45) is 9.50. The zero-order chi connectivity index (χ0) is 15.3. The SMILES string of the molecule is CC1(CNC(=O)c2cnc(C(=O)O)cn2)CCCCCC1. The summed E-state index contributed by atoms with van der Waals surface area (Å²) in [4.78, 5) is 30.3. The maximum absolute atomic E-state index is 12.0. The van der Waals surface area contributed by atoms with E-state index in [1.807, 2.05) is 0 Å². The number of nitrogens with one attached hydrogen (secondary N) is 1. The van der Waals surface area contributed by atoms with Gasteiger partial charge in [-0.3, -0.25) is 4.79 Å². The molecule has 1 aliphatic carbocycles. The second-order valence-electron chi connectivity index (χ2n) is 6.00. The van der Waals surface area contributed by atoms with E-state index in [1.54, 1.807) is 0 Å². The Bertz CT molecular complexity index is 505. The van der Waals surface area contributed by atoms with Crippen LogP contribution in [0, 0.1) is 5.41 Å². The van der Waals surface area contributed by atoms with E-state index >= 15 is 0 Å². The molecule has 1 aromatic heterocycles. The number of rotatable bonds is 4. The average molecular weight is 291 g/mol. The van der Waals surface area contributed by atoms with Crippen LogP contribution < -0.4 is 5.32 Å². The van der Waals surface area contributed by atoms with Crippen LogP contribution >= 0.6 is 0 Å². The summed E-state index contributed by atoms with van der Waals surface area (Å²) >= 11 is 0. The van der Waals surface area contributed by atoms with E-state index in [2.05, 4.69) is 22.2 Å². The maximum Gasteiger partial charge on any atom is 0.356 e. The fourth-order valence-corrected chi connectivity index (χ4v) is 2.70. The predicted molar refractivity (Wildman–Crippen MR) is 77.1 cm³/mol. The standard InChI is InChI=1S/C15H21N3O3/c1-15(6-4-2-3-5-7-15)10-18-13(19)11-8-17-12(9-16-11)14(20)21/h8-9H,2-7,10H2,1H3,(H,18,19)(H,20,21). The van der Waals surface area contributed by atoms with Crippen LogP contribution in [0.25, 0.3) is 0 Å². The number of carbonyl (C=O) groups excluding carboxylic acids is 1. The van der Waals surface area contributed by atoms with Gasteiger partial charge in [0.05, 0.1) is 12.4 Å². The fourth-order valence-electron chi connectivity index (χ4n) is 2.70. The Balaban J connectivity index is 1.93. The van der Waals surface area contributed by atoms with Gasteiger partial charge in [-0.15, -0.1) is 0 Å². The highest BCUT2D eigenvalue weighted by Crippen LogP contribution is 2.33. The smallest absolute Gasteiger partial charge is 0.356 e. The van der Waals surface area contributed by atoms with Gasteiger partial charge in [-0.2, -0.15) is 0 Å². The second kappa shape index (κ2) is 6.65. The molecule has 2 rings (SSSR count). The third-order valence-corrected chi connectivity index (χ3v) is 4.09. The molecule has 0 saturated heterocycles. The van der Waals surface area contributed by atoms with Crippen molar-refractivity contribution in [2.24, 2.45) is 5.41 Å². The van der Waals surface area contributed by atoms with Gasteiger partial charge in [0, 0.05) is 6.54 Å². The van der Waals surface area contributed by atoms with Crippen molar-refractivity contribution in [1.29, 1.82) is 0 Å². The molecule has 1 heterocycles. The van der Waals surface area contributed by atoms with E-state index in [1.165, 1.54) is 31.9 Å². The lowest BCUT2D eigenvalue weighted by atomic mass is 9.82. The molecule has 0 unspecified atom stereocenters. The Morgan fingerprint density at radius 2 is 1.71 bits per heavy atom. The largest absolute Gasteiger partial charge is 0.476 e. The van der Waals surface area contributed by atoms with Gasteiger partial charge < -0.3 is 10.4 Å². The molecule has 6 nitrogen and oxygen atoms in total. The van der Waals surface area contributed by atoms with Crippen LogP contribution in [-0.2, 0) is 0 Å². The molecule has 0 bridgehead atoms. The molecule has 1 aliphatic rings. The van der Waals surface area contributed by atoms with Crippen molar-refractivity contribution in [3.63, 3.8) is 0 Å². The maximum atomic E-state index is 12.0. The number of hydrogen-bond acceptors (Lipinski definition) is 4. The lowest BCUT2D eigenvalue weighted by Crippen LogP contribution is -2.36. The number of aromatic carboxylic acids is 1.